The van der Waals surface area contributed by atoms with Crippen molar-refractivity contribution in [1.82, 2.24) is 0 Å². The minimum Gasteiger partial charge on any atom is -0.361 e. The quantitative estimate of drug-likeness (QED) is 0.267. The monoisotopic (exact) mass is 124 g/mol. The maximum absolute atomic E-state index is 9.31. The van der Waals surface area contributed by atoms with Crippen LogP contribution in [0.25, 0.3) is 0 Å². The van der Waals surface area contributed by atoms with E-state index in [1.54, 1.807) is 0 Å². The molecule has 6 heavy (non-hydrogen) atoms. The number of amides is 1. The Morgan fingerprint density at radius 3 is 1.83 bits per heavy atom. The Bertz CT molecular complexity index is 38.5. The van der Waals surface area contributed by atoms with Gasteiger partial charge in [0.25, 0.3) is 5.24 Å². The van der Waals surface area contributed by atoms with Gasteiger partial charge in [-0.25, -0.2) is 0 Å². The average molecular weight is 124 g/mol. The van der Waals surface area contributed by atoms with E-state index < -0.39 is 5.24 Å². The highest BCUT2D eigenvalue weighted by molar-refractivity contribution is 7.96. The van der Waals surface area contributed by atoms with Crippen LogP contribution in [0, 0.1) is 0 Å². The van der Waals surface area contributed by atoms with Gasteiger partial charge in [-0.1, -0.05) is 12.6 Å². The van der Waals surface area contributed by atoms with Crippen molar-refractivity contribution in [2.24, 2.45) is 5.73 Å². The van der Waals surface area contributed by atoms with Crippen LogP contribution in [0.1, 0.15) is 0 Å². The molecule has 0 heterocycles. The van der Waals surface area contributed by atoms with Gasteiger partial charge in [0.1, 0.15) is 0 Å². The van der Waals surface area contributed by atoms with Gasteiger partial charge in [-0.2, -0.15) is 0 Å². The Hall–Kier alpha value is -0.0331. The number of hydrogen-bond donors (Lipinski definition) is 2. The smallest absolute Gasteiger partial charge is 0.316 e. The predicted octanol–water partition coefficient (Wildman–Crippen LogP) is 0.0343. The van der Waals surface area contributed by atoms with E-state index in [0.29, 0.717) is 0 Å². The van der Waals surface area contributed by atoms with Gasteiger partial charge in [0.05, 0.1) is 0 Å². The molecule has 0 saturated carbocycles. The van der Waals surface area contributed by atoms with Gasteiger partial charge in [-0.3, -0.25) is 4.79 Å². The van der Waals surface area contributed by atoms with Crippen molar-refractivity contribution in [2.45, 2.75) is 0 Å². The van der Waals surface area contributed by atoms with Gasteiger partial charge < -0.3 is 9.84 Å². The molecule has 0 spiro atoms. The number of halogens is 1. The van der Waals surface area contributed by atoms with Crippen LogP contribution < -0.4 is 5.73 Å². The summed E-state index contributed by atoms with van der Waals surface area (Å²) < 4.78 is 9.31. The summed E-state index contributed by atoms with van der Waals surface area (Å²) in [6, 6.07) is 0. The Kier molecular flexibility index (Phi) is 13.8. The lowest BCUT2D eigenvalue weighted by Gasteiger charge is -1.58. The topological polar surface area (TPSA) is 43.1 Å². The molecular weight excluding hydrogens is 121 g/mol. The number of nitrogens with two attached hydrogens (primary N) is 1. The first-order chi connectivity index (χ1) is 2.73. The molecule has 0 unspecified atom stereocenters. The number of thiol groups is 1. The average Bonchev–Trinajstić information content (AvgIpc) is 1.41. The van der Waals surface area contributed by atoms with Gasteiger partial charge in [0.2, 0.25) is 0 Å². The summed E-state index contributed by atoms with van der Waals surface area (Å²) >= 11 is 3.10. The maximum Gasteiger partial charge on any atom is 0.316 e. The van der Waals surface area contributed by atoms with Crippen LogP contribution in [0.4, 0.5) is 8.90 Å². The second-order valence-corrected chi connectivity index (χ2v) is 0.779. The zero-order valence-corrected chi connectivity index (χ0v) is 4.71. The van der Waals surface area contributed by atoms with E-state index in [1.165, 1.54) is 10.6 Å². The molecule has 2 N–H and O–H groups in total. The first-order valence-electron chi connectivity index (χ1n) is 0.905. The number of carbonyl (C=O) groups excluding carboxylic acids is 1. The molecule has 0 aliphatic carbocycles. The molecule has 5 heteroatoms. The fourth-order valence-electron chi connectivity index (χ4n) is 0. The van der Waals surface area contributed by atoms with E-state index in [9.17, 15) is 4.11 Å². The zero-order chi connectivity index (χ0) is 5.58. The highest BCUT2D eigenvalue weighted by Gasteiger charge is 1.63. The van der Waals surface area contributed by atoms with Crippen LogP contribution in [0.15, 0.2) is 0 Å². The highest BCUT2D eigenvalue weighted by Crippen LogP contribution is 1.60. The van der Waals surface area contributed by atoms with E-state index >= 15 is 0 Å². The Morgan fingerprint density at radius 1 is 1.83 bits per heavy atom. The number of rotatable bonds is 0. The summed E-state index contributed by atoms with van der Waals surface area (Å²) in [6.45, 7) is 0. The van der Waals surface area contributed by atoms with E-state index in [2.05, 4.69) is 18.4 Å². The van der Waals surface area contributed by atoms with Crippen molar-refractivity contribution in [2.75, 3.05) is 0 Å². The van der Waals surface area contributed by atoms with Crippen molar-refractivity contribution in [3.8, 4) is 0 Å². The fraction of sp³-hybridized carbons (Fsp3) is 0. The minimum absolute atomic E-state index is 0.639. The number of primary amides is 1. The van der Waals surface area contributed by atoms with Crippen molar-refractivity contribution < 1.29 is 8.90 Å². The standard InChI is InChI=1S/CH3NOS.FSi/c2-1(3)4;1-2/h(H3,2,3,4);. The summed E-state index contributed by atoms with van der Waals surface area (Å²) in [5.74, 6) is 0. The van der Waals surface area contributed by atoms with Gasteiger partial charge in [-0.05, 0) is 0 Å². The lowest BCUT2D eigenvalue weighted by Crippen LogP contribution is -1.95. The summed E-state index contributed by atoms with van der Waals surface area (Å²) in [5, 5.41) is -0.639. The molecule has 2 nitrogen and oxygen atoms in total. The first kappa shape index (κ1) is 9.35. The Labute approximate surface area is 43.9 Å². The maximum atomic E-state index is 9.31. The molecule has 0 aromatic carbocycles. The zero-order valence-electron chi connectivity index (χ0n) is 2.81. The first-order valence-corrected chi connectivity index (χ1v) is 1.73. The molecular formula is CH3FNOSSi. The van der Waals surface area contributed by atoms with E-state index in [4.69, 9.17) is 4.79 Å². The van der Waals surface area contributed by atoms with Crippen molar-refractivity contribution in [3.05, 3.63) is 0 Å². The lowest BCUT2D eigenvalue weighted by atomic mass is 11.5. The number of carbonyl (C=O) groups is 1. The highest BCUT2D eigenvalue weighted by atomic mass is 32.1. The molecule has 0 fully saturated rings. The third-order valence-corrected chi connectivity index (χ3v) is 0. The molecule has 0 saturated heterocycles. The molecule has 3 radical (unpaired) electrons. The fourth-order valence-corrected chi connectivity index (χ4v) is 0. The molecule has 0 bridgehead atoms. The third-order valence-electron chi connectivity index (χ3n) is 0. The molecule has 0 aromatic rings. The summed E-state index contributed by atoms with van der Waals surface area (Å²) in [5.41, 5.74) is 4.34. The van der Waals surface area contributed by atoms with Crippen molar-refractivity contribution >= 4 is 28.4 Å². The second kappa shape index (κ2) is 8.88. The molecule has 0 aliphatic heterocycles. The van der Waals surface area contributed by atoms with Gasteiger partial charge in [-0.15, -0.1) is 0 Å². The number of hydrogen-bond acceptors (Lipinski definition) is 1. The van der Waals surface area contributed by atoms with Gasteiger partial charge >= 0.3 is 10.6 Å². The second-order valence-electron chi connectivity index (χ2n) is 0.338. The lowest BCUT2D eigenvalue weighted by molar-refractivity contribution is 0.267. The van der Waals surface area contributed by atoms with Crippen LogP contribution in [0.5, 0.6) is 0 Å². The van der Waals surface area contributed by atoms with E-state index in [1.807, 2.05) is 0 Å². The molecule has 0 aliphatic rings. The molecule has 1 amide bonds. The Balaban J connectivity index is 0. The molecule has 35 valence electrons. The summed E-state index contributed by atoms with van der Waals surface area (Å²) in [4.78, 5) is 9.09. The third kappa shape index (κ3) is 31800. The minimum atomic E-state index is -0.639. The Morgan fingerprint density at radius 2 is 1.83 bits per heavy atom. The molecule has 0 atom stereocenters. The van der Waals surface area contributed by atoms with Crippen LogP contribution in [0.2, 0.25) is 0 Å². The van der Waals surface area contributed by atoms with Crippen LogP contribution >= 0.6 is 12.6 Å². The van der Waals surface area contributed by atoms with Crippen molar-refractivity contribution in [1.29, 1.82) is 0 Å². The van der Waals surface area contributed by atoms with Gasteiger partial charge in [0, 0.05) is 0 Å². The van der Waals surface area contributed by atoms with Crippen LogP contribution in [-0.4, -0.2) is 15.8 Å². The largest absolute Gasteiger partial charge is 0.361 e. The van der Waals surface area contributed by atoms with E-state index in [-0.39, 0.29) is 0 Å². The predicted molar refractivity (Wildman–Crippen MR) is 25.4 cm³/mol. The summed E-state index contributed by atoms with van der Waals surface area (Å²) in [6.07, 6.45) is 0. The normalized spacial score (nSPS) is 5.17. The van der Waals surface area contributed by atoms with Crippen LogP contribution in [0.3, 0.4) is 0 Å². The summed E-state index contributed by atoms with van der Waals surface area (Å²) in [7, 11) is 1.47. The molecule has 0 rings (SSSR count). The molecule has 0 aromatic heterocycles. The van der Waals surface area contributed by atoms with Crippen LogP contribution in [-0.2, 0) is 0 Å². The van der Waals surface area contributed by atoms with Crippen molar-refractivity contribution in [3.63, 3.8) is 0 Å². The van der Waals surface area contributed by atoms with Gasteiger partial charge in [0.15, 0.2) is 0 Å². The van der Waals surface area contributed by atoms with E-state index in [0.717, 1.165) is 0 Å². The SMILES string of the molecule is F[Si].NC(=O)S.